The molecule has 0 saturated carbocycles. The zero-order valence-corrected chi connectivity index (χ0v) is 8.16. The molecule has 0 aromatic carbocycles. The third-order valence-corrected chi connectivity index (χ3v) is 1.79. The van der Waals surface area contributed by atoms with Crippen LogP contribution in [-0.4, -0.2) is 11.1 Å². The van der Waals surface area contributed by atoms with E-state index < -0.39 is 0 Å². The molecule has 1 rings (SSSR count). The van der Waals surface area contributed by atoms with Crippen LogP contribution in [0, 0.1) is 0 Å². The fraction of sp³-hybridized carbons (Fsp3) is 0.500. The van der Waals surface area contributed by atoms with Crippen LogP contribution in [0.2, 0.25) is 0 Å². The second-order valence-corrected chi connectivity index (χ2v) is 3.14. The molecule has 0 radical (unpaired) electrons. The zero-order chi connectivity index (χ0) is 9.68. The highest BCUT2D eigenvalue weighted by molar-refractivity contribution is 5.32. The van der Waals surface area contributed by atoms with Crippen LogP contribution in [0.25, 0.3) is 0 Å². The predicted octanol–water partition coefficient (Wildman–Crippen LogP) is 2.23. The predicted molar refractivity (Wildman–Crippen MR) is 53.6 cm³/mol. The van der Waals surface area contributed by atoms with E-state index in [1.807, 2.05) is 6.07 Å². The topological polar surface area (TPSA) is 48.1 Å². The van der Waals surface area contributed by atoms with Crippen LogP contribution in [0.15, 0.2) is 18.3 Å². The molecule has 2 N–H and O–H groups in total. The van der Waals surface area contributed by atoms with E-state index in [1.165, 1.54) is 0 Å². The molecule has 0 amide bonds. The summed E-state index contributed by atoms with van der Waals surface area (Å²) in [5.74, 6) is 1.31. The molecule has 0 spiro atoms. The van der Waals surface area contributed by atoms with Crippen molar-refractivity contribution in [2.24, 2.45) is 0 Å². The average Bonchev–Trinajstić information content (AvgIpc) is 2.09. The first-order valence-electron chi connectivity index (χ1n) is 4.60. The summed E-state index contributed by atoms with van der Waals surface area (Å²) in [5.41, 5.74) is 5.45. The SMILES string of the molecule is CCCC(C)Oc1ccc(N)nc1. The monoisotopic (exact) mass is 180 g/mol. The maximum atomic E-state index is 5.59. The van der Waals surface area contributed by atoms with Gasteiger partial charge in [0, 0.05) is 0 Å². The Morgan fingerprint density at radius 2 is 2.31 bits per heavy atom. The number of rotatable bonds is 4. The van der Waals surface area contributed by atoms with Crippen LogP contribution in [0.3, 0.4) is 0 Å². The molecule has 0 aliphatic rings. The summed E-state index contributed by atoms with van der Waals surface area (Å²) in [6.45, 7) is 4.20. The molecule has 0 aliphatic carbocycles. The number of aromatic nitrogens is 1. The Morgan fingerprint density at radius 1 is 1.54 bits per heavy atom. The molecule has 3 heteroatoms. The van der Waals surface area contributed by atoms with Gasteiger partial charge in [-0.15, -0.1) is 0 Å². The van der Waals surface area contributed by atoms with Gasteiger partial charge in [0.05, 0.1) is 12.3 Å². The van der Waals surface area contributed by atoms with Crippen LogP contribution in [0.1, 0.15) is 26.7 Å². The van der Waals surface area contributed by atoms with Gasteiger partial charge in [0.15, 0.2) is 0 Å². The van der Waals surface area contributed by atoms with Crippen molar-refractivity contribution in [1.29, 1.82) is 0 Å². The van der Waals surface area contributed by atoms with Crippen molar-refractivity contribution < 1.29 is 4.74 Å². The van der Waals surface area contributed by atoms with Gasteiger partial charge in [0.25, 0.3) is 0 Å². The van der Waals surface area contributed by atoms with Gasteiger partial charge in [0.1, 0.15) is 11.6 Å². The van der Waals surface area contributed by atoms with Crippen molar-refractivity contribution in [2.75, 3.05) is 5.73 Å². The second-order valence-electron chi connectivity index (χ2n) is 3.14. The summed E-state index contributed by atoms with van der Waals surface area (Å²) in [7, 11) is 0. The third-order valence-electron chi connectivity index (χ3n) is 1.79. The normalized spacial score (nSPS) is 12.5. The molecule has 0 saturated heterocycles. The van der Waals surface area contributed by atoms with Crippen molar-refractivity contribution >= 4 is 5.82 Å². The van der Waals surface area contributed by atoms with Crippen LogP contribution in [0.4, 0.5) is 5.82 Å². The Kier molecular flexibility index (Phi) is 3.55. The van der Waals surface area contributed by atoms with Gasteiger partial charge in [-0.2, -0.15) is 0 Å². The molecule has 1 aromatic rings. The van der Waals surface area contributed by atoms with Crippen LogP contribution < -0.4 is 10.5 Å². The number of nitrogens with two attached hydrogens (primary N) is 1. The Bertz CT molecular complexity index is 246. The average molecular weight is 180 g/mol. The fourth-order valence-corrected chi connectivity index (χ4v) is 1.16. The minimum Gasteiger partial charge on any atom is -0.489 e. The van der Waals surface area contributed by atoms with E-state index >= 15 is 0 Å². The van der Waals surface area contributed by atoms with E-state index in [1.54, 1.807) is 12.3 Å². The van der Waals surface area contributed by atoms with Crippen molar-refractivity contribution in [3.8, 4) is 5.75 Å². The summed E-state index contributed by atoms with van der Waals surface area (Å²) in [5, 5.41) is 0. The van der Waals surface area contributed by atoms with E-state index in [0.717, 1.165) is 18.6 Å². The van der Waals surface area contributed by atoms with Crippen LogP contribution >= 0.6 is 0 Å². The summed E-state index contributed by atoms with van der Waals surface area (Å²) in [6.07, 6.45) is 4.09. The minimum atomic E-state index is 0.246. The first kappa shape index (κ1) is 9.84. The lowest BCUT2D eigenvalue weighted by atomic mass is 10.2. The molecular weight excluding hydrogens is 164 g/mol. The molecular formula is C10H16N2O. The lowest BCUT2D eigenvalue weighted by Crippen LogP contribution is -2.11. The number of anilines is 1. The third kappa shape index (κ3) is 3.32. The summed E-state index contributed by atoms with van der Waals surface area (Å²) in [4.78, 5) is 3.95. The molecule has 1 heterocycles. The number of ether oxygens (including phenoxy) is 1. The molecule has 1 atom stereocenters. The first-order chi connectivity index (χ1) is 6.22. The molecule has 1 aromatic heterocycles. The largest absolute Gasteiger partial charge is 0.489 e. The highest BCUT2D eigenvalue weighted by Crippen LogP contribution is 2.13. The minimum absolute atomic E-state index is 0.246. The van der Waals surface area contributed by atoms with Gasteiger partial charge < -0.3 is 10.5 Å². The lowest BCUT2D eigenvalue weighted by molar-refractivity contribution is 0.209. The van der Waals surface area contributed by atoms with E-state index in [0.29, 0.717) is 5.82 Å². The molecule has 3 nitrogen and oxygen atoms in total. The van der Waals surface area contributed by atoms with Gasteiger partial charge in [-0.3, -0.25) is 0 Å². The molecule has 13 heavy (non-hydrogen) atoms. The zero-order valence-electron chi connectivity index (χ0n) is 8.16. The smallest absolute Gasteiger partial charge is 0.138 e. The maximum Gasteiger partial charge on any atom is 0.138 e. The van der Waals surface area contributed by atoms with Gasteiger partial charge in [0.2, 0.25) is 0 Å². The Balaban J connectivity index is 2.49. The Labute approximate surface area is 78.9 Å². The second kappa shape index (κ2) is 4.70. The van der Waals surface area contributed by atoms with Crippen molar-refractivity contribution in [3.05, 3.63) is 18.3 Å². The van der Waals surface area contributed by atoms with E-state index in [-0.39, 0.29) is 6.10 Å². The number of hydrogen-bond donors (Lipinski definition) is 1. The van der Waals surface area contributed by atoms with E-state index in [9.17, 15) is 0 Å². The Morgan fingerprint density at radius 3 is 2.85 bits per heavy atom. The van der Waals surface area contributed by atoms with Crippen LogP contribution in [0.5, 0.6) is 5.75 Å². The van der Waals surface area contributed by atoms with Gasteiger partial charge in [-0.05, 0) is 25.5 Å². The molecule has 1 unspecified atom stereocenters. The summed E-state index contributed by atoms with van der Waals surface area (Å²) >= 11 is 0. The van der Waals surface area contributed by atoms with Crippen LogP contribution in [-0.2, 0) is 0 Å². The standard InChI is InChI=1S/C10H16N2O/c1-3-4-8(2)13-9-5-6-10(11)12-7-9/h5-8H,3-4H2,1-2H3,(H2,11,12). The molecule has 72 valence electrons. The number of hydrogen-bond acceptors (Lipinski definition) is 3. The maximum absolute atomic E-state index is 5.59. The fourth-order valence-electron chi connectivity index (χ4n) is 1.16. The van der Waals surface area contributed by atoms with E-state index in [2.05, 4.69) is 18.8 Å². The molecule has 0 fully saturated rings. The highest BCUT2D eigenvalue weighted by Gasteiger charge is 2.01. The van der Waals surface area contributed by atoms with Gasteiger partial charge in [-0.25, -0.2) is 4.98 Å². The van der Waals surface area contributed by atoms with E-state index in [4.69, 9.17) is 10.5 Å². The van der Waals surface area contributed by atoms with Crippen molar-refractivity contribution in [2.45, 2.75) is 32.8 Å². The quantitative estimate of drug-likeness (QED) is 0.773. The van der Waals surface area contributed by atoms with Gasteiger partial charge >= 0.3 is 0 Å². The van der Waals surface area contributed by atoms with Crippen molar-refractivity contribution in [1.82, 2.24) is 4.98 Å². The summed E-state index contributed by atoms with van der Waals surface area (Å²) in [6, 6.07) is 3.59. The van der Waals surface area contributed by atoms with Crippen molar-refractivity contribution in [3.63, 3.8) is 0 Å². The van der Waals surface area contributed by atoms with Gasteiger partial charge in [-0.1, -0.05) is 13.3 Å². The number of nitrogens with zero attached hydrogens (tertiary/aromatic N) is 1. The Hall–Kier alpha value is -1.25. The summed E-state index contributed by atoms with van der Waals surface area (Å²) < 4.78 is 5.59. The molecule has 0 aliphatic heterocycles. The number of nitrogen functional groups attached to an aromatic ring is 1. The first-order valence-corrected chi connectivity index (χ1v) is 4.60. The molecule has 0 bridgehead atoms. The lowest BCUT2D eigenvalue weighted by Gasteiger charge is -2.12. The highest BCUT2D eigenvalue weighted by atomic mass is 16.5. The number of pyridine rings is 1.